The van der Waals surface area contributed by atoms with Gasteiger partial charge in [-0.2, -0.15) is 15.1 Å². The lowest BCUT2D eigenvalue weighted by Gasteiger charge is -2.20. The molecule has 160 valence electrons. The van der Waals surface area contributed by atoms with Crippen LogP contribution in [0, 0.1) is 26.2 Å². The second-order valence-corrected chi connectivity index (χ2v) is 9.84. The van der Waals surface area contributed by atoms with E-state index in [1.165, 1.54) is 27.2 Å². The molecule has 0 saturated heterocycles. The molecular formula is C24H21N5OS2. The number of thioether (sulfide) groups is 1. The van der Waals surface area contributed by atoms with Crippen molar-refractivity contribution in [3.63, 3.8) is 0 Å². The van der Waals surface area contributed by atoms with Gasteiger partial charge in [0.2, 0.25) is 5.17 Å². The summed E-state index contributed by atoms with van der Waals surface area (Å²) in [6.45, 7) is 6.13. The maximum atomic E-state index is 12.8. The number of rotatable bonds is 4. The summed E-state index contributed by atoms with van der Waals surface area (Å²) in [4.78, 5) is 18.2. The van der Waals surface area contributed by atoms with E-state index in [-0.39, 0.29) is 11.4 Å². The maximum absolute atomic E-state index is 12.8. The number of amidine groups is 2. The van der Waals surface area contributed by atoms with Crippen LogP contribution in [0.4, 0.5) is 0 Å². The number of aromatic nitrogens is 1. The summed E-state index contributed by atoms with van der Waals surface area (Å²) < 4.78 is 2.16. The molecule has 2 aliphatic heterocycles. The molecule has 0 unspecified atom stereocenters. The summed E-state index contributed by atoms with van der Waals surface area (Å²) in [5.41, 5.74) is 5.48. The van der Waals surface area contributed by atoms with Gasteiger partial charge in [0.15, 0.2) is 5.84 Å². The Balaban J connectivity index is 1.48. The number of aryl methyl sites for hydroxylation is 2. The molecule has 1 N–H and O–H groups in total. The van der Waals surface area contributed by atoms with Crippen LogP contribution in [-0.2, 0) is 11.2 Å². The molecule has 0 bridgehead atoms. The van der Waals surface area contributed by atoms with Crippen LogP contribution in [0.3, 0.4) is 0 Å². The van der Waals surface area contributed by atoms with E-state index in [2.05, 4.69) is 45.9 Å². The van der Waals surface area contributed by atoms with E-state index >= 15 is 0 Å². The van der Waals surface area contributed by atoms with Gasteiger partial charge in [-0.15, -0.1) is 11.3 Å². The topological polar surface area (TPSA) is 73.8 Å². The van der Waals surface area contributed by atoms with Crippen molar-refractivity contribution in [2.75, 3.05) is 0 Å². The predicted molar refractivity (Wildman–Crippen MR) is 133 cm³/mol. The van der Waals surface area contributed by atoms with E-state index in [1.807, 2.05) is 37.4 Å². The van der Waals surface area contributed by atoms with Gasteiger partial charge in [0.1, 0.15) is 5.04 Å². The monoisotopic (exact) mass is 459 g/mol. The first kappa shape index (κ1) is 20.7. The van der Waals surface area contributed by atoms with Gasteiger partial charge in [-0.25, -0.2) is 0 Å². The van der Waals surface area contributed by atoms with Crippen LogP contribution in [0.5, 0.6) is 0 Å². The molecular weight excluding hydrogens is 438 g/mol. The molecule has 6 nitrogen and oxygen atoms in total. The average molecular weight is 460 g/mol. The Morgan fingerprint density at radius 2 is 1.97 bits per heavy atom. The number of carbonyl (C=O) groups excluding carboxylic acids is 1. The van der Waals surface area contributed by atoms with Crippen molar-refractivity contribution in [3.8, 4) is 5.69 Å². The summed E-state index contributed by atoms with van der Waals surface area (Å²) in [5, 5.41) is 18.0. The van der Waals surface area contributed by atoms with Crippen LogP contribution in [-0.4, -0.2) is 31.5 Å². The van der Waals surface area contributed by atoms with Gasteiger partial charge in [-0.1, -0.05) is 18.2 Å². The molecule has 2 aromatic heterocycles. The number of hydrogen-bond donors (Lipinski definition) is 1. The van der Waals surface area contributed by atoms with Crippen LogP contribution in [0.25, 0.3) is 11.8 Å². The summed E-state index contributed by atoms with van der Waals surface area (Å²) in [6, 6.07) is 14.4. The highest BCUT2D eigenvalue weighted by atomic mass is 32.2. The van der Waals surface area contributed by atoms with Crippen LogP contribution < -0.4 is 0 Å². The molecule has 8 heteroatoms. The van der Waals surface area contributed by atoms with Gasteiger partial charge in [0, 0.05) is 28.4 Å². The average Bonchev–Trinajstić information content (AvgIpc) is 3.46. The molecule has 1 aromatic carbocycles. The maximum Gasteiger partial charge on any atom is 0.283 e. The third-order valence-electron chi connectivity index (χ3n) is 5.43. The van der Waals surface area contributed by atoms with E-state index in [4.69, 9.17) is 5.41 Å². The Kier molecular flexibility index (Phi) is 5.19. The Hall–Kier alpha value is -3.23. The molecule has 2 aliphatic rings. The van der Waals surface area contributed by atoms with Gasteiger partial charge in [0.25, 0.3) is 5.91 Å². The number of thiophene rings is 1. The quantitative estimate of drug-likeness (QED) is 0.536. The highest BCUT2D eigenvalue weighted by Gasteiger charge is 2.35. The normalized spacial score (nSPS) is 17.1. The largest absolute Gasteiger partial charge is 0.318 e. The van der Waals surface area contributed by atoms with Gasteiger partial charge < -0.3 is 4.57 Å². The Bertz CT molecular complexity index is 1340. The third kappa shape index (κ3) is 3.65. The van der Waals surface area contributed by atoms with Gasteiger partial charge in [-0.3, -0.25) is 10.2 Å². The van der Waals surface area contributed by atoms with Crippen molar-refractivity contribution in [2.24, 2.45) is 10.1 Å². The number of benzene rings is 1. The van der Waals surface area contributed by atoms with Crippen molar-refractivity contribution >= 4 is 51.1 Å². The van der Waals surface area contributed by atoms with Crippen LogP contribution in [0.15, 0.2) is 63.5 Å². The zero-order valence-electron chi connectivity index (χ0n) is 17.9. The van der Waals surface area contributed by atoms with E-state index in [9.17, 15) is 4.79 Å². The number of fused-ring (bicyclic) bond motifs is 1. The summed E-state index contributed by atoms with van der Waals surface area (Å²) in [6.07, 6.45) is 2.44. The number of hydrogen-bond acceptors (Lipinski definition) is 5. The zero-order chi connectivity index (χ0) is 22.4. The van der Waals surface area contributed by atoms with Crippen molar-refractivity contribution in [2.45, 2.75) is 27.2 Å². The number of nitrogens with one attached hydrogen (secondary N) is 1. The minimum atomic E-state index is -0.401. The molecule has 0 spiro atoms. The first-order valence-electron chi connectivity index (χ1n) is 10.2. The van der Waals surface area contributed by atoms with Crippen LogP contribution in [0.2, 0.25) is 0 Å². The lowest BCUT2D eigenvalue weighted by Crippen LogP contribution is -2.35. The molecule has 1 amide bonds. The predicted octanol–water partition coefficient (Wildman–Crippen LogP) is 5.33. The molecule has 3 aromatic rings. The molecule has 5 rings (SSSR count). The first-order chi connectivity index (χ1) is 15.4. The third-order valence-corrected chi connectivity index (χ3v) is 7.22. The van der Waals surface area contributed by atoms with Gasteiger partial charge in [0.05, 0.1) is 5.57 Å². The lowest BCUT2D eigenvalue weighted by molar-refractivity contribution is -0.114. The summed E-state index contributed by atoms with van der Waals surface area (Å²) in [7, 11) is 0. The van der Waals surface area contributed by atoms with E-state index in [1.54, 1.807) is 17.4 Å². The lowest BCUT2D eigenvalue weighted by atomic mass is 10.1. The van der Waals surface area contributed by atoms with E-state index in [0.717, 1.165) is 27.7 Å². The molecule has 4 heterocycles. The second kappa shape index (κ2) is 8.03. The Morgan fingerprint density at radius 3 is 2.72 bits per heavy atom. The highest BCUT2D eigenvalue weighted by molar-refractivity contribution is 8.27. The van der Waals surface area contributed by atoms with Gasteiger partial charge >= 0.3 is 0 Å². The SMILES string of the molecule is Cc1cccc(-n2c(C)cc(C=C3C(=N)N4N=C(Cc5cccs5)SC4=NC3=O)c2C)c1. The van der Waals surface area contributed by atoms with E-state index in [0.29, 0.717) is 11.6 Å². The van der Waals surface area contributed by atoms with Crippen LogP contribution in [0.1, 0.15) is 27.4 Å². The summed E-state index contributed by atoms with van der Waals surface area (Å²) in [5.74, 6) is -0.337. The van der Waals surface area contributed by atoms with E-state index < -0.39 is 5.91 Å². The fraction of sp³-hybridized carbons (Fsp3) is 0.167. The molecule has 0 fully saturated rings. The Morgan fingerprint density at radius 1 is 1.12 bits per heavy atom. The first-order valence-corrected chi connectivity index (χ1v) is 11.9. The fourth-order valence-electron chi connectivity index (χ4n) is 3.92. The van der Waals surface area contributed by atoms with Crippen molar-refractivity contribution < 1.29 is 4.79 Å². The second-order valence-electron chi connectivity index (χ2n) is 7.77. The molecule has 0 aliphatic carbocycles. The molecule has 32 heavy (non-hydrogen) atoms. The number of nitrogens with zero attached hydrogens (tertiary/aromatic N) is 4. The van der Waals surface area contributed by atoms with Gasteiger partial charge in [-0.05, 0) is 79.4 Å². The fourth-order valence-corrected chi connectivity index (χ4v) is 5.63. The van der Waals surface area contributed by atoms with Crippen molar-refractivity contribution in [1.29, 1.82) is 5.41 Å². The highest BCUT2D eigenvalue weighted by Crippen LogP contribution is 2.31. The van der Waals surface area contributed by atoms with Crippen LogP contribution >= 0.6 is 23.1 Å². The van der Waals surface area contributed by atoms with Crippen molar-refractivity contribution in [1.82, 2.24) is 9.58 Å². The minimum Gasteiger partial charge on any atom is -0.318 e. The standard InChI is InChI=1S/C24H21N5OS2/c1-14-6-4-7-18(10-14)28-15(2)11-17(16(28)3)12-20-22(25)29-24(26-23(20)30)32-21(27-29)13-19-8-5-9-31-19/h4-12,25H,13H2,1-3H3. The molecule has 0 saturated carbocycles. The Labute approximate surface area is 194 Å². The smallest absolute Gasteiger partial charge is 0.283 e. The summed E-state index contributed by atoms with van der Waals surface area (Å²) >= 11 is 3.02. The number of amides is 1. The number of aliphatic imine (C=N–C) groups is 1. The minimum absolute atomic E-state index is 0.0639. The number of carbonyl (C=O) groups is 1. The molecule has 0 atom stereocenters. The molecule has 0 radical (unpaired) electrons. The zero-order valence-corrected chi connectivity index (χ0v) is 19.5. The number of hydrazone groups is 1. The van der Waals surface area contributed by atoms with Crippen molar-refractivity contribution in [3.05, 3.63) is 80.8 Å².